The van der Waals surface area contributed by atoms with Gasteiger partial charge in [0.15, 0.2) is 0 Å². The first-order valence-corrected chi connectivity index (χ1v) is 5.72. The van der Waals surface area contributed by atoms with Gasteiger partial charge in [0, 0.05) is 23.6 Å². The molecule has 98 valence electrons. The smallest absolute Gasteiger partial charge is 0.253 e. The van der Waals surface area contributed by atoms with Crippen molar-refractivity contribution in [1.82, 2.24) is 9.55 Å². The molecule has 0 fully saturated rings. The highest BCUT2D eigenvalue weighted by atomic mass is 16.2. The van der Waals surface area contributed by atoms with Crippen molar-refractivity contribution in [3.05, 3.63) is 52.7 Å². The van der Waals surface area contributed by atoms with Gasteiger partial charge in [-0.25, -0.2) is 4.98 Å². The van der Waals surface area contributed by atoms with Crippen LogP contribution in [0.1, 0.15) is 5.56 Å². The summed E-state index contributed by atoms with van der Waals surface area (Å²) in [7, 11) is 0. The van der Waals surface area contributed by atoms with E-state index in [0.29, 0.717) is 11.4 Å². The molecule has 0 spiro atoms. The minimum absolute atomic E-state index is 0.0824. The predicted octanol–water partition coefficient (Wildman–Crippen LogP) is 0.773. The fourth-order valence-corrected chi connectivity index (χ4v) is 1.62. The average Bonchev–Trinajstić information content (AvgIpc) is 2.37. The number of hydrogen-bond donors (Lipinski definition) is 2. The fourth-order valence-electron chi connectivity index (χ4n) is 1.62. The quantitative estimate of drug-likeness (QED) is 0.796. The third kappa shape index (κ3) is 3.19. The van der Waals surface area contributed by atoms with Crippen molar-refractivity contribution < 1.29 is 4.79 Å². The summed E-state index contributed by atoms with van der Waals surface area (Å²) < 4.78 is 1.23. The molecule has 0 unspecified atom stereocenters. The van der Waals surface area contributed by atoms with Crippen LogP contribution in [0.25, 0.3) is 0 Å². The van der Waals surface area contributed by atoms with Gasteiger partial charge in [-0.15, -0.1) is 0 Å². The van der Waals surface area contributed by atoms with E-state index in [1.165, 1.54) is 23.2 Å². The Balaban J connectivity index is 2.12. The van der Waals surface area contributed by atoms with Gasteiger partial charge in [-0.2, -0.15) is 0 Å². The van der Waals surface area contributed by atoms with Gasteiger partial charge in [0.05, 0.1) is 6.33 Å². The first kappa shape index (κ1) is 12.8. The van der Waals surface area contributed by atoms with E-state index in [1.807, 2.05) is 13.0 Å². The van der Waals surface area contributed by atoms with Gasteiger partial charge in [0.2, 0.25) is 5.91 Å². The van der Waals surface area contributed by atoms with Gasteiger partial charge in [0.25, 0.3) is 5.56 Å². The number of nitrogens with zero attached hydrogens (tertiary/aromatic N) is 2. The number of rotatable bonds is 3. The van der Waals surface area contributed by atoms with Crippen molar-refractivity contribution in [1.29, 1.82) is 0 Å². The largest absolute Gasteiger partial charge is 0.399 e. The molecule has 2 aromatic rings. The summed E-state index contributed by atoms with van der Waals surface area (Å²) in [6, 6.07) is 6.57. The van der Waals surface area contributed by atoms with Crippen LogP contribution in [0, 0.1) is 6.92 Å². The third-order valence-corrected chi connectivity index (χ3v) is 2.64. The highest BCUT2D eigenvalue weighted by molar-refractivity contribution is 5.91. The van der Waals surface area contributed by atoms with Gasteiger partial charge < -0.3 is 11.1 Å². The Morgan fingerprint density at radius 3 is 2.95 bits per heavy atom. The van der Waals surface area contributed by atoms with Crippen LogP contribution in [-0.2, 0) is 11.3 Å². The number of nitrogens with one attached hydrogen (secondary N) is 1. The van der Waals surface area contributed by atoms with Gasteiger partial charge >= 0.3 is 0 Å². The molecular formula is C13H14N4O2. The lowest BCUT2D eigenvalue weighted by Gasteiger charge is -2.10. The van der Waals surface area contributed by atoms with Crippen LogP contribution in [0.5, 0.6) is 0 Å². The lowest BCUT2D eigenvalue weighted by atomic mass is 10.2. The topological polar surface area (TPSA) is 90.0 Å². The van der Waals surface area contributed by atoms with Crippen LogP contribution in [0.4, 0.5) is 11.4 Å². The molecule has 0 saturated heterocycles. The van der Waals surface area contributed by atoms with Gasteiger partial charge in [-0.3, -0.25) is 14.2 Å². The summed E-state index contributed by atoms with van der Waals surface area (Å²) in [6.07, 6.45) is 2.72. The van der Waals surface area contributed by atoms with E-state index in [-0.39, 0.29) is 18.0 Å². The number of carbonyl (C=O) groups excluding carboxylic acids is 1. The van der Waals surface area contributed by atoms with E-state index >= 15 is 0 Å². The minimum Gasteiger partial charge on any atom is -0.399 e. The Bertz CT molecular complexity index is 664. The van der Waals surface area contributed by atoms with Crippen LogP contribution in [0.2, 0.25) is 0 Å². The molecule has 0 radical (unpaired) electrons. The molecule has 6 nitrogen and oxygen atoms in total. The summed E-state index contributed by atoms with van der Waals surface area (Å²) in [4.78, 5) is 27.1. The zero-order valence-corrected chi connectivity index (χ0v) is 10.5. The molecule has 2 rings (SSSR count). The van der Waals surface area contributed by atoms with Crippen LogP contribution >= 0.6 is 0 Å². The first-order valence-electron chi connectivity index (χ1n) is 5.72. The number of aryl methyl sites for hydroxylation is 1. The summed E-state index contributed by atoms with van der Waals surface area (Å²) >= 11 is 0. The Hall–Kier alpha value is -2.63. The maximum atomic E-state index is 11.9. The molecule has 0 aliphatic carbocycles. The minimum atomic E-state index is -0.302. The lowest BCUT2D eigenvalue weighted by Crippen LogP contribution is -2.27. The summed E-state index contributed by atoms with van der Waals surface area (Å²) in [5.74, 6) is -0.302. The molecule has 0 atom stereocenters. The number of nitrogens with two attached hydrogens (primary N) is 1. The molecule has 0 saturated carbocycles. The van der Waals surface area contributed by atoms with E-state index in [9.17, 15) is 9.59 Å². The van der Waals surface area contributed by atoms with Crippen molar-refractivity contribution in [3.63, 3.8) is 0 Å². The number of benzene rings is 1. The van der Waals surface area contributed by atoms with Gasteiger partial charge in [-0.05, 0) is 24.6 Å². The monoisotopic (exact) mass is 258 g/mol. The van der Waals surface area contributed by atoms with Gasteiger partial charge in [0.1, 0.15) is 6.54 Å². The highest BCUT2D eigenvalue weighted by Crippen LogP contribution is 2.17. The second kappa shape index (κ2) is 5.34. The molecule has 3 N–H and O–H groups in total. The molecule has 19 heavy (non-hydrogen) atoms. The van der Waals surface area contributed by atoms with E-state index in [2.05, 4.69) is 10.3 Å². The number of amides is 1. The maximum Gasteiger partial charge on any atom is 0.253 e. The fraction of sp³-hybridized carbons (Fsp3) is 0.154. The molecule has 1 amide bonds. The number of carbonyl (C=O) groups is 1. The predicted molar refractivity (Wildman–Crippen MR) is 72.7 cm³/mol. The normalized spacial score (nSPS) is 10.2. The maximum absolute atomic E-state index is 11.9. The van der Waals surface area contributed by atoms with Crippen molar-refractivity contribution >= 4 is 17.3 Å². The van der Waals surface area contributed by atoms with E-state index < -0.39 is 0 Å². The summed E-state index contributed by atoms with van der Waals surface area (Å²) in [6.45, 7) is 1.78. The van der Waals surface area contributed by atoms with Crippen LogP contribution < -0.4 is 16.6 Å². The van der Waals surface area contributed by atoms with Gasteiger partial charge in [-0.1, -0.05) is 6.07 Å². The number of nitrogen functional groups attached to an aromatic ring is 1. The van der Waals surface area contributed by atoms with Crippen molar-refractivity contribution in [2.45, 2.75) is 13.5 Å². The molecule has 1 heterocycles. The summed E-state index contributed by atoms with van der Waals surface area (Å²) in [5.41, 5.74) is 7.51. The second-order valence-corrected chi connectivity index (χ2v) is 4.17. The highest BCUT2D eigenvalue weighted by Gasteiger charge is 2.07. The number of aromatic nitrogens is 2. The van der Waals surface area contributed by atoms with Crippen molar-refractivity contribution in [2.24, 2.45) is 0 Å². The van der Waals surface area contributed by atoms with E-state index in [1.54, 1.807) is 12.1 Å². The molecule has 6 heteroatoms. The second-order valence-electron chi connectivity index (χ2n) is 4.17. The standard InChI is InChI=1S/C13H14N4O2/c1-9-2-3-10(14)6-11(9)16-12(18)7-17-8-15-5-4-13(17)19/h2-6,8H,7,14H2,1H3,(H,16,18). The Morgan fingerprint density at radius 1 is 1.42 bits per heavy atom. The Kier molecular flexibility index (Phi) is 3.61. The SMILES string of the molecule is Cc1ccc(N)cc1NC(=O)Cn1cnccc1=O. The van der Waals surface area contributed by atoms with Crippen LogP contribution in [-0.4, -0.2) is 15.5 Å². The molecular weight excluding hydrogens is 244 g/mol. The molecule has 0 aliphatic rings. The Labute approximate surface area is 109 Å². The Morgan fingerprint density at radius 2 is 2.21 bits per heavy atom. The third-order valence-electron chi connectivity index (χ3n) is 2.64. The van der Waals surface area contributed by atoms with Crippen LogP contribution in [0.15, 0.2) is 41.6 Å². The first-order chi connectivity index (χ1) is 9.06. The van der Waals surface area contributed by atoms with E-state index in [0.717, 1.165) is 5.56 Å². The van der Waals surface area contributed by atoms with Crippen molar-refractivity contribution in [3.8, 4) is 0 Å². The molecule has 1 aromatic carbocycles. The molecule has 0 bridgehead atoms. The zero-order chi connectivity index (χ0) is 13.8. The van der Waals surface area contributed by atoms with Crippen molar-refractivity contribution in [2.75, 3.05) is 11.1 Å². The lowest BCUT2D eigenvalue weighted by molar-refractivity contribution is -0.116. The zero-order valence-electron chi connectivity index (χ0n) is 10.5. The molecule has 0 aliphatic heterocycles. The average molecular weight is 258 g/mol. The van der Waals surface area contributed by atoms with Crippen LogP contribution in [0.3, 0.4) is 0 Å². The number of hydrogen-bond acceptors (Lipinski definition) is 4. The summed E-state index contributed by atoms with van der Waals surface area (Å²) in [5, 5.41) is 2.72. The van der Waals surface area contributed by atoms with E-state index in [4.69, 9.17) is 5.73 Å². The molecule has 1 aromatic heterocycles. The number of anilines is 2.